The third-order valence-electron chi connectivity index (χ3n) is 6.05. The van der Waals surface area contributed by atoms with Crippen molar-refractivity contribution in [2.24, 2.45) is 0 Å². The Balaban J connectivity index is 2.03. The highest BCUT2D eigenvalue weighted by atomic mass is 79.9. The molecule has 0 spiro atoms. The number of carbonyl (C=O) groups is 2. The van der Waals surface area contributed by atoms with Crippen molar-refractivity contribution in [1.82, 2.24) is 10.2 Å². The summed E-state index contributed by atoms with van der Waals surface area (Å²) in [6.45, 7) is 9.05. The minimum absolute atomic E-state index is 0.0263. The Bertz CT molecular complexity index is 1440. The van der Waals surface area contributed by atoms with E-state index in [1.165, 1.54) is 29.2 Å². The average Bonchev–Trinajstić information content (AvgIpc) is 2.91. The Labute approximate surface area is 255 Å². The zero-order valence-electron chi connectivity index (χ0n) is 23.7. The summed E-state index contributed by atoms with van der Waals surface area (Å²) in [5, 5.41) is 3.30. The van der Waals surface area contributed by atoms with E-state index in [1.54, 1.807) is 31.2 Å². The van der Waals surface area contributed by atoms with E-state index < -0.39 is 34.1 Å². The molecule has 8 nitrogen and oxygen atoms in total. The van der Waals surface area contributed by atoms with Gasteiger partial charge in [0.05, 0.1) is 17.2 Å². The molecule has 3 aromatic rings. The minimum atomic E-state index is -4.20. The van der Waals surface area contributed by atoms with E-state index in [1.807, 2.05) is 52.0 Å². The van der Waals surface area contributed by atoms with Crippen LogP contribution in [0, 0.1) is 0 Å². The number of hydrogen-bond donors (Lipinski definition) is 1. The molecule has 3 rings (SSSR count). The number of anilines is 1. The Morgan fingerprint density at radius 1 is 0.976 bits per heavy atom. The fourth-order valence-electron chi connectivity index (χ4n) is 3.98. The second kappa shape index (κ2) is 13.7. The van der Waals surface area contributed by atoms with E-state index in [9.17, 15) is 18.0 Å². The SMILES string of the molecule is CCOc1ccc(N(CC(=O)N(Cc2ccc(Br)cc2)[C@H](C)C(=O)NC(C)(C)C)S(=O)(=O)c2ccc(Cl)cc2)cc1. The molecule has 0 saturated heterocycles. The molecule has 0 fully saturated rings. The fraction of sp³-hybridized carbons (Fsp3) is 0.333. The first-order valence-electron chi connectivity index (χ1n) is 13.1. The van der Waals surface area contributed by atoms with Gasteiger partial charge in [-0.2, -0.15) is 0 Å². The van der Waals surface area contributed by atoms with Gasteiger partial charge in [-0.1, -0.05) is 39.7 Å². The maximum Gasteiger partial charge on any atom is 0.264 e. The van der Waals surface area contributed by atoms with Crippen LogP contribution >= 0.6 is 27.5 Å². The number of rotatable bonds is 11. The molecular formula is C30H35BrClN3O5S. The maximum atomic E-state index is 14.0. The average molecular weight is 665 g/mol. The van der Waals surface area contributed by atoms with Crippen molar-refractivity contribution >= 4 is 55.1 Å². The Morgan fingerprint density at radius 2 is 1.56 bits per heavy atom. The summed E-state index contributed by atoms with van der Waals surface area (Å²) in [5.41, 5.74) is 0.529. The lowest BCUT2D eigenvalue weighted by molar-refractivity contribution is -0.140. The molecule has 1 atom stereocenters. The van der Waals surface area contributed by atoms with Gasteiger partial charge in [0, 0.05) is 21.6 Å². The first kappa shape index (κ1) is 32.4. The van der Waals surface area contributed by atoms with Crippen molar-refractivity contribution in [3.63, 3.8) is 0 Å². The first-order valence-corrected chi connectivity index (χ1v) is 15.7. The summed E-state index contributed by atoms with van der Waals surface area (Å²) >= 11 is 9.42. The van der Waals surface area contributed by atoms with Crippen molar-refractivity contribution in [1.29, 1.82) is 0 Å². The number of hydrogen-bond acceptors (Lipinski definition) is 5. The molecule has 0 unspecified atom stereocenters. The molecule has 1 N–H and O–H groups in total. The molecular weight excluding hydrogens is 630 g/mol. The molecule has 0 aliphatic rings. The van der Waals surface area contributed by atoms with Gasteiger partial charge in [-0.05, 0) is 101 Å². The smallest absolute Gasteiger partial charge is 0.264 e. The third kappa shape index (κ3) is 8.95. The summed E-state index contributed by atoms with van der Waals surface area (Å²) in [5.74, 6) is -0.331. The summed E-state index contributed by atoms with van der Waals surface area (Å²) in [7, 11) is -4.20. The van der Waals surface area contributed by atoms with E-state index in [4.69, 9.17) is 16.3 Å². The summed E-state index contributed by atoms with van der Waals surface area (Å²) < 4.78 is 35.2. The second-order valence-corrected chi connectivity index (χ2v) is 13.7. The predicted molar refractivity (Wildman–Crippen MR) is 166 cm³/mol. The number of halogens is 2. The molecule has 0 heterocycles. The standard InChI is InChI=1S/C30H35BrClN3O5S/c1-6-40-26-15-13-25(14-16-26)35(41(38,39)27-17-11-24(32)12-18-27)20-28(36)34(19-22-7-9-23(31)10-8-22)21(2)29(37)33-30(3,4)5/h7-18,21H,6,19-20H2,1-5H3,(H,33,37)/t21-/m1/s1. The van der Waals surface area contributed by atoms with Crippen LogP contribution < -0.4 is 14.4 Å². The minimum Gasteiger partial charge on any atom is -0.494 e. The van der Waals surface area contributed by atoms with Gasteiger partial charge in [-0.25, -0.2) is 8.42 Å². The van der Waals surface area contributed by atoms with Crippen LogP contribution in [0.2, 0.25) is 5.02 Å². The van der Waals surface area contributed by atoms with Crippen LogP contribution in [0.15, 0.2) is 82.2 Å². The molecule has 3 aromatic carbocycles. The van der Waals surface area contributed by atoms with E-state index in [0.29, 0.717) is 17.4 Å². The number of nitrogens with one attached hydrogen (secondary N) is 1. The fourth-order valence-corrected chi connectivity index (χ4v) is 5.79. The Morgan fingerprint density at radius 3 is 2.10 bits per heavy atom. The molecule has 220 valence electrons. The van der Waals surface area contributed by atoms with Gasteiger partial charge in [-0.15, -0.1) is 0 Å². The normalized spacial score (nSPS) is 12.4. The van der Waals surface area contributed by atoms with E-state index >= 15 is 0 Å². The van der Waals surface area contributed by atoms with Crippen molar-refractivity contribution in [2.75, 3.05) is 17.5 Å². The first-order chi connectivity index (χ1) is 19.2. The van der Waals surface area contributed by atoms with E-state index in [0.717, 1.165) is 14.3 Å². The lowest BCUT2D eigenvalue weighted by Crippen LogP contribution is -2.54. The van der Waals surface area contributed by atoms with Crippen molar-refractivity contribution in [3.8, 4) is 5.75 Å². The lowest BCUT2D eigenvalue weighted by atomic mass is 10.1. The van der Waals surface area contributed by atoms with Crippen LogP contribution in [-0.4, -0.2) is 49.9 Å². The number of nitrogens with zero attached hydrogens (tertiary/aromatic N) is 2. The third-order valence-corrected chi connectivity index (χ3v) is 8.62. The zero-order chi connectivity index (χ0) is 30.4. The van der Waals surface area contributed by atoms with Gasteiger partial charge >= 0.3 is 0 Å². The molecule has 0 radical (unpaired) electrons. The molecule has 41 heavy (non-hydrogen) atoms. The number of carbonyl (C=O) groups excluding carboxylic acids is 2. The summed E-state index contributed by atoms with van der Waals surface area (Å²) in [6.07, 6.45) is 0. The molecule has 11 heteroatoms. The number of benzene rings is 3. The molecule has 2 amide bonds. The van der Waals surface area contributed by atoms with Crippen LogP contribution in [0.3, 0.4) is 0 Å². The van der Waals surface area contributed by atoms with Crippen LogP contribution in [0.5, 0.6) is 5.75 Å². The van der Waals surface area contributed by atoms with Gasteiger partial charge in [0.25, 0.3) is 10.0 Å². The van der Waals surface area contributed by atoms with Crippen LogP contribution in [0.25, 0.3) is 0 Å². The highest BCUT2D eigenvalue weighted by molar-refractivity contribution is 9.10. The van der Waals surface area contributed by atoms with E-state index in [-0.39, 0.29) is 23.0 Å². The van der Waals surface area contributed by atoms with Crippen LogP contribution in [-0.2, 0) is 26.2 Å². The molecule has 0 aliphatic carbocycles. The van der Waals surface area contributed by atoms with Gasteiger partial charge < -0.3 is 15.0 Å². The lowest BCUT2D eigenvalue weighted by Gasteiger charge is -2.33. The van der Waals surface area contributed by atoms with Gasteiger partial charge in [0.1, 0.15) is 18.3 Å². The van der Waals surface area contributed by atoms with Gasteiger partial charge in [0.15, 0.2) is 0 Å². The van der Waals surface area contributed by atoms with Gasteiger partial charge in [-0.3, -0.25) is 13.9 Å². The molecule has 0 aliphatic heterocycles. The largest absolute Gasteiger partial charge is 0.494 e. The Hall–Kier alpha value is -3.08. The number of amides is 2. The summed E-state index contributed by atoms with van der Waals surface area (Å²) in [4.78, 5) is 28.5. The maximum absolute atomic E-state index is 14.0. The highest BCUT2D eigenvalue weighted by Crippen LogP contribution is 2.27. The predicted octanol–water partition coefficient (Wildman–Crippen LogP) is 6.03. The van der Waals surface area contributed by atoms with Gasteiger partial charge in [0.2, 0.25) is 11.8 Å². The molecule has 0 saturated carbocycles. The van der Waals surface area contributed by atoms with Crippen LogP contribution in [0.4, 0.5) is 5.69 Å². The molecule has 0 aromatic heterocycles. The van der Waals surface area contributed by atoms with Crippen molar-refractivity contribution < 1.29 is 22.7 Å². The topological polar surface area (TPSA) is 96.0 Å². The quantitative estimate of drug-likeness (QED) is 0.270. The summed E-state index contributed by atoms with van der Waals surface area (Å²) in [6, 6.07) is 18.7. The van der Waals surface area contributed by atoms with E-state index in [2.05, 4.69) is 21.2 Å². The van der Waals surface area contributed by atoms with Crippen molar-refractivity contribution in [3.05, 3.63) is 87.9 Å². The van der Waals surface area contributed by atoms with Crippen molar-refractivity contribution in [2.45, 2.75) is 57.6 Å². The number of ether oxygens (including phenoxy) is 1. The monoisotopic (exact) mass is 663 g/mol. The number of sulfonamides is 1. The second-order valence-electron chi connectivity index (χ2n) is 10.5. The van der Waals surface area contributed by atoms with Crippen LogP contribution in [0.1, 0.15) is 40.2 Å². The highest BCUT2D eigenvalue weighted by Gasteiger charge is 2.33. The zero-order valence-corrected chi connectivity index (χ0v) is 26.9. The Kier molecular flexibility index (Phi) is 10.9. The molecule has 0 bridgehead atoms.